The zero-order valence-corrected chi connectivity index (χ0v) is 20.1. The Balaban J connectivity index is 1.43. The first kappa shape index (κ1) is 22.5. The van der Waals surface area contributed by atoms with Gasteiger partial charge in [-0.2, -0.15) is 0 Å². The average molecular weight is 484 g/mol. The minimum absolute atomic E-state index is 0.0123. The van der Waals surface area contributed by atoms with Crippen LogP contribution in [-0.2, 0) is 9.59 Å². The first-order chi connectivity index (χ1) is 17.3. The third kappa shape index (κ3) is 3.66. The Labute approximate surface area is 208 Å². The Hall–Kier alpha value is -4.00. The lowest BCUT2D eigenvalue weighted by Gasteiger charge is -2.30. The van der Waals surface area contributed by atoms with Crippen LogP contribution in [0.1, 0.15) is 38.3 Å². The van der Waals surface area contributed by atoms with Crippen LogP contribution in [0.3, 0.4) is 0 Å². The summed E-state index contributed by atoms with van der Waals surface area (Å²) in [5.41, 5.74) is 2.67. The Morgan fingerprint density at radius 1 is 1.06 bits per heavy atom. The van der Waals surface area contributed by atoms with Gasteiger partial charge in [-0.25, -0.2) is 4.39 Å². The molecule has 36 heavy (non-hydrogen) atoms. The fourth-order valence-electron chi connectivity index (χ4n) is 5.15. The highest BCUT2D eigenvalue weighted by Crippen LogP contribution is 2.47. The van der Waals surface area contributed by atoms with E-state index in [0.717, 1.165) is 29.4 Å². The number of carbonyl (C=O) groups excluding carboxylic acids is 2. The van der Waals surface area contributed by atoms with Gasteiger partial charge < -0.3 is 14.7 Å². The molecule has 2 fully saturated rings. The van der Waals surface area contributed by atoms with Crippen molar-refractivity contribution in [2.45, 2.75) is 38.8 Å². The number of anilines is 1. The van der Waals surface area contributed by atoms with Crippen molar-refractivity contribution in [1.29, 1.82) is 0 Å². The van der Waals surface area contributed by atoms with Crippen molar-refractivity contribution in [2.24, 2.45) is 11.3 Å². The van der Waals surface area contributed by atoms with Gasteiger partial charge in [-0.1, -0.05) is 35.5 Å². The first-order valence-electron chi connectivity index (χ1n) is 12.2. The number of aromatic nitrogens is 1. The first-order valence-corrected chi connectivity index (χ1v) is 12.2. The molecule has 1 aliphatic carbocycles. The molecule has 0 spiro atoms. The van der Waals surface area contributed by atoms with E-state index in [-0.39, 0.29) is 29.6 Å². The van der Waals surface area contributed by atoms with E-state index in [0.29, 0.717) is 17.0 Å². The second kappa shape index (κ2) is 8.29. The minimum Gasteiger partial charge on any atom is -0.356 e. The highest BCUT2D eigenvalue weighted by molar-refractivity contribution is 6.04. The molecule has 2 atom stereocenters. The zero-order valence-electron chi connectivity index (χ0n) is 20.1. The quantitative estimate of drug-likeness (QED) is 0.398. The Morgan fingerprint density at radius 2 is 1.78 bits per heavy atom. The lowest BCUT2D eigenvalue weighted by atomic mass is 9.82. The maximum Gasteiger partial charge on any atom is 0.235 e. The van der Waals surface area contributed by atoms with Gasteiger partial charge in [-0.3, -0.25) is 9.59 Å². The van der Waals surface area contributed by atoms with Crippen LogP contribution < -0.4 is 10.2 Å². The standard InChI is InChI=1S/C29H26FN3O3/c1-29(2)26(31-27(34)19-8-9-19)25(18-6-4-3-5-7-18)33(28(29)35)21-14-15-22-23(16-21)36-32-24(22)17-10-12-20(30)13-11-17/h3-7,10-16,19,25-26H,8-9H2,1-2H3,(H,31,34)/t25-,26-/m1/s1. The molecule has 6 rings (SSSR count). The molecule has 7 heteroatoms. The third-order valence-corrected chi connectivity index (χ3v) is 7.38. The van der Waals surface area contributed by atoms with Crippen LogP contribution in [0.15, 0.2) is 77.3 Å². The van der Waals surface area contributed by atoms with Crippen molar-refractivity contribution in [3.05, 3.63) is 84.2 Å². The molecular formula is C29H26FN3O3. The third-order valence-electron chi connectivity index (χ3n) is 7.38. The highest BCUT2D eigenvalue weighted by Gasteiger charge is 2.55. The molecule has 1 N–H and O–H groups in total. The van der Waals surface area contributed by atoms with Gasteiger partial charge in [0.15, 0.2) is 5.58 Å². The maximum atomic E-state index is 13.9. The number of nitrogens with one attached hydrogen (secondary N) is 1. The van der Waals surface area contributed by atoms with Crippen LogP contribution in [-0.4, -0.2) is 23.0 Å². The summed E-state index contributed by atoms with van der Waals surface area (Å²) in [5.74, 6) is -0.343. The SMILES string of the molecule is CC1(C)C(=O)N(c2ccc3c(-c4ccc(F)cc4)noc3c2)[C@H](c2ccccc2)[C@H]1NC(=O)C1CC1. The van der Waals surface area contributed by atoms with Gasteiger partial charge >= 0.3 is 0 Å². The van der Waals surface area contributed by atoms with E-state index in [1.54, 1.807) is 17.0 Å². The molecule has 2 heterocycles. The number of nitrogens with zero attached hydrogens (tertiary/aromatic N) is 2. The molecule has 3 aromatic carbocycles. The van der Waals surface area contributed by atoms with Crippen molar-refractivity contribution in [3.8, 4) is 11.3 Å². The number of halogens is 1. The molecule has 2 aliphatic rings. The van der Waals surface area contributed by atoms with Gasteiger partial charge in [0.05, 0.1) is 17.5 Å². The summed E-state index contributed by atoms with van der Waals surface area (Å²) in [4.78, 5) is 28.5. The van der Waals surface area contributed by atoms with Gasteiger partial charge in [0.2, 0.25) is 11.8 Å². The van der Waals surface area contributed by atoms with E-state index in [9.17, 15) is 14.0 Å². The van der Waals surface area contributed by atoms with Gasteiger partial charge in [-0.15, -0.1) is 0 Å². The summed E-state index contributed by atoms with van der Waals surface area (Å²) in [5, 5.41) is 8.19. The fraction of sp³-hybridized carbons (Fsp3) is 0.276. The van der Waals surface area contributed by atoms with Crippen molar-refractivity contribution >= 4 is 28.5 Å². The van der Waals surface area contributed by atoms with Crippen LogP contribution in [0.2, 0.25) is 0 Å². The molecule has 0 radical (unpaired) electrons. The Kier molecular flexibility index (Phi) is 5.18. The highest BCUT2D eigenvalue weighted by atomic mass is 19.1. The van der Waals surface area contributed by atoms with E-state index >= 15 is 0 Å². The monoisotopic (exact) mass is 483 g/mol. The van der Waals surface area contributed by atoms with Crippen LogP contribution >= 0.6 is 0 Å². The molecule has 2 amide bonds. The summed E-state index contributed by atoms with van der Waals surface area (Å²) in [7, 11) is 0. The van der Waals surface area contributed by atoms with Crippen LogP contribution in [0.5, 0.6) is 0 Å². The van der Waals surface area contributed by atoms with E-state index in [1.165, 1.54) is 12.1 Å². The zero-order chi connectivity index (χ0) is 25.0. The smallest absolute Gasteiger partial charge is 0.235 e. The van der Waals surface area contributed by atoms with Crippen LogP contribution in [0.4, 0.5) is 10.1 Å². The second-order valence-corrected chi connectivity index (χ2v) is 10.2. The number of hydrogen-bond donors (Lipinski definition) is 1. The molecule has 182 valence electrons. The van der Waals surface area contributed by atoms with E-state index in [4.69, 9.17) is 4.52 Å². The van der Waals surface area contributed by atoms with Crippen molar-refractivity contribution < 1.29 is 18.5 Å². The summed E-state index contributed by atoms with van der Waals surface area (Å²) in [6.45, 7) is 3.78. The van der Waals surface area contributed by atoms with Crippen LogP contribution in [0, 0.1) is 17.2 Å². The number of rotatable bonds is 5. The summed E-state index contributed by atoms with van der Waals surface area (Å²) < 4.78 is 19.0. The number of hydrogen-bond acceptors (Lipinski definition) is 4. The topological polar surface area (TPSA) is 75.4 Å². The molecular weight excluding hydrogens is 457 g/mol. The molecule has 1 aromatic heterocycles. The molecule has 4 aromatic rings. The van der Waals surface area contributed by atoms with Crippen molar-refractivity contribution in [3.63, 3.8) is 0 Å². The average Bonchev–Trinajstić information content (AvgIpc) is 3.62. The lowest BCUT2D eigenvalue weighted by molar-refractivity contribution is -0.126. The molecule has 1 aliphatic heterocycles. The minimum atomic E-state index is -0.819. The Morgan fingerprint density at radius 3 is 2.47 bits per heavy atom. The van der Waals surface area contributed by atoms with E-state index in [2.05, 4.69) is 10.5 Å². The Bertz CT molecular complexity index is 1460. The number of fused-ring (bicyclic) bond motifs is 1. The summed E-state index contributed by atoms with van der Waals surface area (Å²) in [6.07, 6.45) is 1.79. The molecule has 1 saturated heterocycles. The number of benzene rings is 3. The van der Waals surface area contributed by atoms with Gasteiger partial charge in [0, 0.05) is 28.6 Å². The normalized spacial score (nSPS) is 21.2. The van der Waals surface area contributed by atoms with Gasteiger partial charge in [0.25, 0.3) is 0 Å². The second-order valence-electron chi connectivity index (χ2n) is 10.2. The summed E-state index contributed by atoms with van der Waals surface area (Å²) in [6, 6.07) is 20.7. The predicted molar refractivity (Wildman–Crippen MR) is 135 cm³/mol. The van der Waals surface area contributed by atoms with Gasteiger partial charge in [0.1, 0.15) is 11.5 Å². The van der Waals surface area contributed by atoms with E-state index < -0.39 is 11.5 Å². The van der Waals surface area contributed by atoms with Crippen molar-refractivity contribution in [1.82, 2.24) is 10.5 Å². The van der Waals surface area contributed by atoms with Crippen molar-refractivity contribution in [2.75, 3.05) is 4.90 Å². The van der Waals surface area contributed by atoms with Crippen LogP contribution in [0.25, 0.3) is 22.2 Å². The fourth-order valence-corrected chi connectivity index (χ4v) is 5.15. The predicted octanol–water partition coefficient (Wildman–Crippen LogP) is 5.64. The maximum absolute atomic E-state index is 13.9. The lowest BCUT2D eigenvalue weighted by Crippen LogP contribution is -2.46. The molecule has 0 bridgehead atoms. The summed E-state index contributed by atoms with van der Waals surface area (Å²) >= 11 is 0. The number of carbonyl (C=O) groups is 2. The largest absolute Gasteiger partial charge is 0.356 e. The number of amides is 2. The van der Waals surface area contributed by atoms with E-state index in [1.807, 2.05) is 62.4 Å². The molecule has 0 unspecified atom stereocenters. The molecule has 1 saturated carbocycles. The molecule has 6 nitrogen and oxygen atoms in total. The van der Waals surface area contributed by atoms with Gasteiger partial charge in [-0.05, 0) is 68.7 Å².